The highest BCUT2D eigenvalue weighted by atomic mass is 14.3. The van der Waals surface area contributed by atoms with Crippen LogP contribution in [0.3, 0.4) is 0 Å². The molecule has 14 heavy (non-hydrogen) atoms. The van der Waals surface area contributed by atoms with Gasteiger partial charge >= 0.3 is 0 Å². The van der Waals surface area contributed by atoms with Crippen molar-refractivity contribution in [1.29, 1.82) is 0 Å². The SMILES string of the molecule is CC1=CC=C2CC=C3C=CC(C)=C1C32. The maximum absolute atomic E-state index is 2.37. The molecule has 0 nitrogen and oxygen atoms in total. The smallest absolute Gasteiger partial charge is 0.0307 e. The largest absolute Gasteiger partial charge is 0.0763 e. The van der Waals surface area contributed by atoms with Crippen LogP contribution in [0.5, 0.6) is 0 Å². The lowest BCUT2D eigenvalue weighted by atomic mass is 9.76. The summed E-state index contributed by atoms with van der Waals surface area (Å²) in [5.41, 5.74) is 7.50. The molecule has 0 heteroatoms. The first-order valence-corrected chi connectivity index (χ1v) is 5.24. The average molecular weight is 182 g/mol. The molecule has 3 rings (SSSR count). The highest BCUT2D eigenvalue weighted by Gasteiger charge is 2.31. The highest BCUT2D eigenvalue weighted by molar-refractivity contribution is 5.60. The van der Waals surface area contributed by atoms with Crippen molar-refractivity contribution in [3.05, 3.63) is 58.2 Å². The molecule has 0 spiro atoms. The Balaban J connectivity index is 2.26. The zero-order valence-corrected chi connectivity index (χ0v) is 8.67. The van der Waals surface area contributed by atoms with E-state index >= 15 is 0 Å². The van der Waals surface area contributed by atoms with Crippen molar-refractivity contribution in [2.75, 3.05) is 0 Å². The third kappa shape index (κ3) is 0.886. The van der Waals surface area contributed by atoms with E-state index in [9.17, 15) is 0 Å². The molecule has 0 aromatic carbocycles. The molecule has 0 radical (unpaired) electrons. The van der Waals surface area contributed by atoms with Crippen molar-refractivity contribution < 1.29 is 0 Å². The molecule has 0 saturated carbocycles. The summed E-state index contributed by atoms with van der Waals surface area (Å²) in [5, 5.41) is 0. The molecule has 3 aliphatic rings. The molecule has 0 heterocycles. The van der Waals surface area contributed by atoms with E-state index in [-0.39, 0.29) is 0 Å². The van der Waals surface area contributed by atoms with Crippen molar-refractivity contribution in [2.45, 2.75) is 20.3 Å². The van der Waals surface area contributed by atoms with E-state index in [2.05, 4.69) is 44.2 Å². The van der Waals surface area contributed by atoms with E-state index in [0.29, 0.717) is 5.92 Å². The molecular formula is C14H14. The van der Waals surface area contributed by atoms with Crippen LogP contribution in [0.2, 0.25) is 0 Å². The second-order valence-corrected chi connectivity index (χ2v) is 4.36. The van der Waals surface area contributed by atoms with Crippen LogP contribution in [0.25, 0.3) is 0 Å². The zero-order valence-electron chi connectivity index (χ0n) is 8.67. The summed E-state index contributed by atoms with van der Waals surface area (Å²) < 4.78 is 0. The van der Waals surface area contributed by atoms with E-state index in [1.165, 1.54) is 16.7 Å². The molecule has 70 valence electrons. The molecule has 1 unspecified atom stereocenters. The lowest BCUT2D eigenvalue weighted by Gasteiger charge is -2.28. The summed E-state index contributed by atoms with van der Waals surface area (Å²) in [7, 11) is 0. The summed E-state index contributed by atoms with van der Waals surface area (Å²) in [5.74, 6) is 0.602. The highest BCUT2D eigenvalue weighted by Crippen LogP contribution is 2.46. The molecule has 0 bridgehead atoms. The third-order valence-corrected chi connectivity index (χ3v) is 3.49. The fourth-order valence-corrected chi connectivity index (χ4v) is 2.77. The zero-order chi connectivity index (χ0) is 9.71. The number of rotatable bonds is 0. The van der Waals surface area contributed by atoms with Crippen molar-refractivity contribution >= 4 is 0 Å². The van der Waals surface area contributed by atoms with Gasteiger partial charge in [-0.15, -0.1) is 0 Å². The summed E-state index contributed by atoms with van der Waals surface area (Å²) in [6.07, 6.45) is 12.6. The number of hydrogen-bond acceptors (Lipinski definition) is 0. The van der Waals surface area contributed by atoms with Gasteiger partial charge in [0.15, 0.2) is 0 Å². The van der Waals surface area contributed by atoms with E-state index < -0.39 is 0 Å². The number of hydrogen-bond donors (Lipinski definition) is 0. The van der Waals surface area contributed by atoms with Crippen LogP contribution < -0.4 is 0 Å². The van der Waals surface area contributed by atoms with Crippen LogP contribution >= 0.6 is 0 Å². The molecule has 0 aromatic heterocycles. The van der Waals surface area contributed by atoms with Crippen molar-refractivity contribution in [1.82, 2.24) is 0 Å². The van der Waals surface area contributed by atoms with Gasteiger partial charge in [0.25, 0.3) is 0 Å². The first-order chi connectivity index (χ1) is 6.77. The number of allylic oxidation sites excluding steroid dienone is 10. The minimum Gasteiger partial charge on any atom is -0.0763 e. The summed E-state index contributed by atoms with van der Waals surface area (Å²) in [6.45, 7) is 4.45. The summed E-state index contributed by atoms with van der Waals surface area (Å²) >= 11 is 0. The van der Waals surface area contributed by atoms with Crippen LogP contribution in [-0.2, 0) is 0 Å². The minimum absolute atomic E-state index is 0.602. The molecule has 0 aliphatic heterocycles. The minimum atomic E-state index is 0.602. The van der Waals surface area contributed by atoms with Crippen LogP contribution in [0.4, 0.5) is 0 Å². The van der Waals surface area contributed by atoms with Gasteiger partial charge in [0.2, 0.25) is 0 Å². The van der Waals surface area contributed by atoms with E-state index in [4.69, 9.17) is 0 Å². The van der Waals surface area contributed by atoms with Crippen LogP contribution in [0.15, 0.2) is 58.2 Å². The van der Waals surface area contributed by atoms with Gasteiger partial charge in [0.1, 0.15) is 0 Å². The van der Waals surface area contributed by atoms with Gasteiger partial charge in [-0.05, 0) is 42.6 Å². The quantitative estimate of drug-likeness (QED) is 0.535. The van der Waals surface area contributed by atoms with Gasteiger partial charge < -0.3 is 0 Å². The topological polar surface area (TPSA) is 0 Å². The fourth-order valence-electron chi connectivity index (χ4n) is 2.77. The Hall–Kier alpha value is -1.30. The Morgan fingerprint density at radius 3 is 2.86 bits per heavy atom. The van der Waals surface area contributed by atoms with Gasteiger partial charge in [-0.2, -0.15) is 0 Å². The maximum atomic E-state index is 2.37. The van der Waals surface area contributed by atoms with Crippen LogP contribution in [-0.4, -0.2) is 0 Å². The van der Waals surface area contributed by atoms with Gasteiger partial charge in [-0.3, -0.25) is 0 Å². The van der Waals surface area contributed by atoms with Gasteiger partial charge in [0.05, 0.1) is 0 Å². The summed E-state index contributed by atoms with van der Waals surface area (Å²) in [4.78, 5) is 0. The maximum Gasteiger partial charge on any atom is 0.0307 e. The Bertz CT molecular complexity index is 450. The Morgan fingerprint density at radius 1 is 1.14 bits per heavy atom. The molecule has 0 fully saturated rings. The van der Waals surface area contributed by atoms with Gasteiger partial charge in [-0.1, -0.05) is 36.0 Å². The first kappa shape index (κ1) is 8.05. The monoisotopic (exact) mass is 182 g/mol. The second-order valence-electron chi connectivity index (χ2n) is 4.36. The predicted octanol–water partition coefficient (Wildman–Crippen LogP) is 3.71. The second kappa shape index (κ2) is 2.60. The third-order valence-electron chi connectivity index (χ3n) is 3.49. The van der Waals surface area contributed by atoms with Crippen LogP contribution in [0, 0.1) is 5.92 Å². The van der Waals surface area contributed by atoms with Gasteiger partial charge in [0, 0.05) is 5.92 Å². The molecule has 1 atom stereocenters. The summed E-state index contributed by atoms with van der Waals surface area (Å²) in [6, 6.07) is 0. The van der Waals surface area contributed by atoms with E-state index in [0.717, 1.165) is 6.42 Å². The van der Waals surface area contributed by atoms with Crippen molar-refractivity contribution in [2.24, 2.45) is 5.92 Å². The normalized spacial score (nSPS) is 28.4. The molecular weight excluding hydrogens is 168 g/mol. The Labute approximate surface area is 85.0 Å². The molecule has 0 amide bonds. The fraction of sp³-hybridized carbons (Fsp3) is 0.286. The standard InChI is InChI=1S/C14H14/c1-9-3-5-11-7-8-12-6-4-10(2)13(9)14(11)12/h3-7,14H,8H2,1-2H3. The molecule has 0 saturated heterocycles. The van der Waals surface area contributed by atoms with Gasteiger partial charge in [-0.25, -0.2) is 0 Å². The lowest BCUT2D eigenvalue weighted by molar-refractivity contribution is 0.848. The van der Waals surface area contributed by atoms with E-state index in [1.54, 1.807) is 11.1 Å². The van der Waals surface area contributed by atoms with Crippen molar-refractivity contribution in [3.63, 3.8) is 0 Å². The Morgan fingerprint density at radius 2 is 2.00 bits per heavy atom. The van der Waals surface area contributed by atoms with Crippen LogP contribution in [0.1, 0.15) is 20.3 Å². The molecule has 0 N–H and O–H groups in total. The predicted molar refractivity (Wildman–Crippen MR) is 59.9 cm³/mol. The van der Waals surface area contributed by atoms with Crippen molar-refractivity contribution in [3.8, 4) is 0 Å². The molecule has 0 aromatic rings. The average Bonchev–Trinajstić information content (AvgIpc) is 2.58. The Kier molecular flexibility index (Phi) is 1.49. The lowest BCUT2D eigenvalue weighted by Crippen LogP contribution is -2.13. The first-order valence-electron chi connectivity index (χ1n) is 5.24. The van der Waals surface area contributed by atoms with E-state index in [1.807, 2.05) is 0 Å². The molecule has 3 aliphatic carbocycles.